The molecule has 2 aromatic carbocycles. The molecule has 156 valence electrons. The minimum Gasteiger partial charge on any atom is -0.494 e. The number of alkyl halides is 3. The number of carbonyl (C=O) groups is 2. The molecule has 2 aliphatic heterocycles. The Morgan fingerprint density at radius 1 is 1.13 bits per heavy atom. The summed E-state index contributed by atoms with van der Waals surface area (Å²) in [6.07, 6.45) is -4.64. The zero-order valence-electron chi connectivity index (χ0n) is 16.0. The zero-order chi connectivity index (χ0) is 21.5. The van der Waals surface area contributed by atoms with Gasteiger partial charge < -0.3 is 9.47 Å². The molecule has 0 fully saturated rings. The quantitative estimate of drug-likeness (QED) is 0.691. The molecule has 2 aromatic rings. The van der Waals surface area contributed by atoms with E-state index in [-0.39, 0.29) is 30.0 Å². The first kappa shape index (κ1) is 20.0. The van der Waals surface area contributed by atoms with E-state index in [1.165, 1.54) is 12.1 Å². The van der Waals surface area contributed by atoms with Gasteiger partial charge in [-0.2, -0.15) is 13.2 Å². The van der Waals surface area contributed by atoms with Gasteiger partial charge in [0.05, 0.1) is 23.4 Å². The predicted molar refractivity (Wildman–Crippen MR) is 102 cm³/mol. The number of halogens is 3. The highest BCUT2D eigenvalue weighted by Crippen LogP contribution is 2.44. The monoisotopic (exact) mass is 417 g/mol. The van der Waals surface area contributed by atoms with Crippen LogP contribution in [0.5, 0.6) is 5.75 Å². The van der Waals surface area contributed by atoms with Crippen molar-refractivity contribution in [1.82, 2.24) is 0 Å². The number of carbonyl (C=O) groups excluding carboxylic acids is 2. The van der Waals surface area contributed by atoms with Gasteiger partial charge in [-0.1, -0.05) is 24.3 Å². The number of anilines is 1. The summed E-state index contributed by atoms with van der Waals surface area (Å²) in [4.78, 5) is 26.8. The first-order valence-corrected chi connectivity index (χ1v) is 9.43. The van der Waals surface area contributed by atoms with Crippen LogP contribution in [0.15, 0.2) is 59.8 Å². The maximum absolute atomic E-state index is 13.2. The summed E-state index contributed by atoms with van der Waals surface area (Å²) >= 11 is 0. The first-order chi connectivity index (χ1) is 14.3. The molecule has 2 aliphatic rings. The second-order valence-corrected chi connectivity index (χ2v) is 6.94. The SMILES string of the molecule is CCOc1ccccc1[C@@H]1CC(=O)N(c2cccc(C(F)(F)F)c2)C2=C1C(=O)OC2. The summed E-state index contributed by atoms with van der Waals surface area (Å²) in [6.45, 7) is 2.06. The third-order valence-electron chi connectivity index (χ3n) is 5.14. The molecule has 0 saturated carbocycles. The van der Waals surface area contributed by atoms with E-state index >= 15 is 0 Å². The highest BCUT2D eigenvalue weighted by Gasteiger charge is 2.44. The Morgan fingerprint density at radius 3 is 2.63 bits per heavy atom. The summed E-state index contributed by atoms with van der Waals surface area (Å²) in [5.74, 6) is -1.03. The number of nitrogens with zero attached hydrogens (tertiary/aromatic N) is 1. The van der Waals surface area contributed by atoms with Crippen LogP contribution >= 0.6 is 0 Å². The molecule has 0 N–H and O–H groups in total. The number of rotatable bonds is 4. The van der Waals surface area contributed by atoms with Crippen molar-refractivity contribution < 1.29 is 32.2 Å². The number of hydrogen-bond acceptors (Lipinski definition) is 4. The van der Waals surface area contributed by atoms with Gasteiger partial charge in [0.25, 0.3) is 0 Å². The second-order valence-electron chi connectivity index (χ2n) is 6.94. The van der Waals surface area contributed by atoms with E-state index < -0.39 is 29.5 Å². The molecule has 4 rings (SSSR count). The fourth-order valence-corrected chi connectivity index (χ4v) is 3.90. The van der Waals surface area contributed by atoms with Gasteiger partial charge in [0, 0.05) is 23.6 Å². The summed E-state index contributed by atoms with van der Waals surface area (Å²) < 4.78 is 50.3. The van der Waals surface area contributed by atoms with Gasteiger partial charge in [-0.3, -0.25) is 9.69 Å². The third kappa shape index (κ3) is 3.42. The van der Waals surface area contributed by atoms with Crippen LogP contribution in [0.3, 0.4) is 0 Å². The molecule has 0 unspecified atom stereocenters. The molecule has 0 spiro atoms. The Hall–Kier alpha value is -3.29. The van der Waals surface area contributed by atoms with Crippen molar-refractivity contribution in [3.05, 3.63) is 70.9 Å². The van der Waals surface area contributed by atoms with E-state index in [0.717, 1.165) is 17.0 Å². The van der Waals surface area contributed by atoms with E-state index in [1.807, 2.05) is 6.92 Å². The minimum atomic E-state index is -4.55. The molecule has 5 nitrogen and oxygen atoms in total. The molecule has 0 radical (unpaired) electrons. The molecule has 8 heteroatoms. The number of hydrogen-bond donors (Lipinski definition) is 0. The Morgan fingerprint density at radius 2 is 1.90 bits per heavy atom. The van der Waals surface area contributed by atoms with E-state index in [1.54, 1.807) is 24.3 Å². The lowest BCUT2D eigenvalue weighted by atomic mass is 9.83. The van der Waals surface area contributed by atoms with E-state index in [0.29, 0.717) is 17.9 Å². The molecule has 0 aliphatic carbocycles. The van der Waals surface area contributed by atoms with Crippen molar-refractivity contribution in [3.8, 4) is 5.75 Å². The minimum absolute atomic E-state index is 0.0529. The fourth-order valence-electron chi connectivity index (χ4n) is 3.90. The third-order valence-corrected chi connectivity index (χ3v) is 5.14. The van der Waals surface area contributed by atoms with Crippen LogP contribution in [-0.4, -0.2) is 25.1 Å². The van der Waals surface area contributed by atoms with Crippen molar-refractivity contribution in [3.63, 3.8) is 0 Å². The molecule has 1 atom stereocenters. The molecule has 1 amide bonds. The van der Waals surface area contributed by atoms with Gasteiger partial charge in [0.1, 0.15) is 12.4 Å². The lowest BCUT2D eigenvalue weighted by molar-refractivity contribution is -0.138. The van der Waals surface area contributed by atoms with E-state index in [4.69, 9.17) is 9.47 Å². The van der Waals surface area contributed by atoms with E-state index in [2.05, 4.69) is 0 Å². The maximum Gasteiger partial charge on any atom is 0.416 e. The van der Waals surface area contributed by atoms with Crippen molar-refractivity contribution in [2.75, 3.05) is 18.1 Å². The largest absolute Gasteiger partial charge is 0.494 e. The Balaban J connectivity index is 1.82. The van der Waals surface area contributed by atoms with Crippen LogP contribution < -0.4 is 9.64 Å². The van der Waals surface area contributed by atoms with Crippen LogP contribution in [0.4, 0.5) is 18.9 Å². The molecule has 0 aromatic heterocycles. The standard InChI is InChI=1S/C22H18F3NO4/c1-2-29-18-9-4-3-8-15(18)16-11-19(27)26(17-12-30-21(28)20(16)17)14-7-5-6-13(10-14)22(23,24)25/h3-10,16H,2,11-12H2,1H3/t16-/m0/s1. The van der Waals surface area contributed by atoms with Crippen LogP contribution in [0, 0.1) is 0 Å². The highest BCUT2D eigenvalue weighted by atomic mass is 19.4. The average Bonchev–Trinajstić information content (AvgIpc) is 3.09. The number of esters is 1. The molecule has 30 heavy (non-hydrogen) atoms. The number of para-hydroxylation sites is 1. The zero-order valence-corrected chi connectivity index (χ0v) is 16.0. The topological polar surface area (TPSA) is 55.8 Å². The molecular formula is C22H18F3NO4. The summed E-state index contributed by atoms with van der Waals surface area (Å²) in [6, 6.07) is 11.6. The van der Waals surface area contributed by atoms with Gasteiger partial charge in [0.15, 0.2) is 0 Å². The van der Waals surface area contributed by atoms with Crippen LogP contribution in [-0.2, 0) is 20.5 Å². The molecular weight excluding hydrogens is 399 g/mol. The van der Waals surface area contributed by atoms with Crippen LogP contribution in [0.2, 0.25) is 0 Å². The summed E-state index contributed by atoms with van der Waals surface area (Å²) in [7, 11) is 0. The van der Waals surface area contributed by atoms with Gasteiger partial charge in [-0.15, -0.1) is 0 Å². The number of amides is 1. The van der Waals surface area contributed by atoms with Crippen molar-refractivity contribution in [2.45, 2.75) is 25.4 Å². The number of cyclic esters (lactones) is 1. The van der Waals surface area contributed by atoms with Gasteiger partial charge in [0.2, 0.25) is 5.91 Å². The number of benzene rings is 2. The lowest BCUT2D eigenvalue weighted by Crippen LogP contribution is -2.37. The van der Waals surface area contributed by atoms with Crippen molar-refractivity contribution in [2.24, 2.45) is 0 Å². The van der Waals surface area contributed by atoms with Gasteiger partial charge in [-0.05, 0) is 31.2 Å². The van der Waals surface area contributed by atoms with Crippen molar-refractivity contribution >= 4 is 17.6 Å². The summed E-state index contributed by atoms with van der Waals surface area (Å²) in [5, 5.41) is 0. The smallest absolute Gasteiger partial charge is 0.416 e. The van der Waals surface area contributed by atoms with E-state index in [9.17, 15) is 22.8 Å². The fraction of sp³-hybridized carbons (Fsp3) is 0.273. The first-order valence-electron chi connectivity index (χ1n) is 9.43. The van der Waals surface area contributed by atoms with Gasteiger partial charge >= 0.3 is 12.1 Å². The summed E-state index contributed by atoms with van der Waals surface area (Å²) in [5.41, 5.74) is 0.398. The normalized spacial score (nSPS) is 19.1. The second kappa shape index (κ2) is 7.51. The average molecular weight is 417 g/mol. The Labute approximate surface area is 170 Å². The predicted octanol–water partition coefficient (Wildman–Crippen LogP) is 4.44. The molecule has 0 bridgehead atoms. The maximum atomic E-state index is 13.2. The molecule has 0 saturated heterocycles. The number of ether oxygens (including phenoxy) is 2. The van der Waals surface area contributed by atoms with Gasteiger partial charge in [-0.25, -0.2) is 4.79 Å². The highest BCUT2D eigenvalue weighted by molar-refractivity contribution is 6.06. The lowest BCUT2D eigenvalue weighted by Gasteiger charge is -2.32. The molecule has 2 heterocycles. The van der Waals surface area contributed by atoms with Crippen LogP contribution in [0.1, 0.15) is 30.4 Å². The van der Waals surface area contributed by atoms with Crippen LogP contribution in [0.25, 0.3) is 0 Å². The Kier molecular flexibility index (Phi) is 5.01. The van der Waals surface area contributed by atoms with Crippen molar-refractivity contribution in [1.29, 1.82) is 0 Å². The Bertz CT molecular complexity index is 1040.